The van der Waals surface area contributed by atoms with Gasteiger partial charge in [-0.2, -0.15) is 0 Å². The van der Waals surface area contributed by atoms with Gasteiger partial charge in [-0.3, -0.25) is 0 Å². The van der Waals surface area contributed by atoms with Gasteiger partial charge >= 0.3 is 159 Å². The normalized spacial score (nSPS) is 10.6. The molecule has 0 fully saturated rings. The first-order chi connectivity index (χ1) is 12.1. The van der Waals surface area contributed by atoms with Crippen molar-refractivity contribution in [2.45, 2.75) is 13.8 Å². The van der Waals surface area contributed by atoms with E-state index in [1.54, 1.807) is 14.2 Å². The van der Waals surface area contributed by atoms with Crippen LogP contribution < -0.4 is 13.7 Å². The third-order valence-corrected chi connectivity index (χ3v) is 4.74. The van der Waals surface area contributed by atoms with Crippen molar-refractivity contribution in [3.05, 3.63) is 65.7 Å². The minimum atomic E-state index is 0.864. The van der Waals surface area contributed by atoms with Crippen LogP contribution in [0.3, 0.4) is 0 Å². The Morgan fingerprint density at radius 3 is 1.40 bits per heavy atom. The van der Waals surface area contributed by atoms with Crippen LogP contribution in [0, 0.1) is 13.8 Å². The minimum absolute atomic E-state index is 0.864. The van der Waals surface area contributed by atoms with Crippen molar-refractivity contribution in [1.29, 1.82) is 0 Å². The molecular weight excluding hydrogens is 303 g/mol. The third-order valence-electron chi connectivity index (χ3n) is 4.74. The van der Waals surface area contributed by atoms with E-state index in [-0.39, 0.29) is 0 Å². The first-order valence-electron chi connectivity index (χ1n) is 8.46. The molecule has 0 amide bonds. The Hall–Kier alpha value is -2.14. The van der Waals surface area contributed by atoms with E-state index < -0.39 is 0 Å². The topological polar surface area (TPSA) is 18.5 Å². The zero-order valence-electron chi connectivity index (χ0n) is 15.5. The zero-order chi connectivity index (χ0) is 18.0. The fourth-order valence-corrected chi connectivity index (χ4v) is 3.46. The van der Waals surface area contributed by atoms with E-state index in [0.29, 0.717) is 0 Å². The Bertz CT molecular complexity index is 844. The van der Waals surface area contributed by atoms with Crippen molar-refractivity contribution < 1.29 is 9.47 Å². The Kier molecular flexibility index (Phi) is 5.23. The van der Waals surface area contributed by atoms with Gasteiger partial charge in [-0.05, 0) is 0 Å². The summed E-state index contributed by atoms with van der Waals surface area (Å²) in [5.74, 6) is 1.73. The maximum atomic E-state index is 5.77. The number of hydrogen-bond donors (Lipinski definition) is 0. The fraction of sp³-hybridized carbons (Fsp3) is 0.182. The van der Waals surface area contributed by atoms with Crippen molar-refractivity contribution in [3.63, 3.8) is 0 Å². The molecule has 0 N–H and O–H groups in total. The molecule has 0 unspecified atom stereocenters. The summed E-state index contributed by atoms with van der Waals surface area (Å²) in [6.07, 6.45) is 0. The van der Waals surface area contributed by atoms with Gasteiger partial charge in [0.05, 0.1) is 0 Å². The summed E-state index contributed by atoms with van der Waals surface area (Å²) >= 11 is 2.06. The number of ether oxygens (including phenoxy) is 2. The van der Waals surface area contributed by atoms with Gasteiger partial charge in [0.1, 0.15) is 0 Å². The van der Waals surface area contributed by atoms with Crippen LogP contribution in [-0.2, 0) is 0 Å². The standard InChI is InChI=1S/C22H21O2.Li/c1-15-9-5-7-11-17(15)19-13-20(18-12-8-6-10-16(18)2)22(24-4)14-21(19)23-3;/h5-13H,1-4H3;. The van der Waals surface area contributed by atoms with Crippen LogP contribution in [0.15, 0.2) is 54.6 Å². The summed E-state index contributed by atoms with van der Waals surface area (Å²) in [7, 11) is 3.44. The van der Waals surface area contributed by atoms with Crippen LogP contribution in [0.5, 0.6) is 11.5 Å². The summed E-state index contributed by atoms with van der Waals surface area (Å²) in [4.78, 5) is 0. The average Bonchev–Trinajstić information content (AvgIpc) is 2.62. The second-order valence-corrected chi connectivity index (χ2v) is 6.29. The molecule has 0 bridgehead atoms. The molecule has 0 saturated carbocycles. The zero-order valence-corrected chi connectivity index (χ0v) is 15.5. The molecule has 0 aliphatic heterocycles. The molecule has 2 nitrogen and oxygen atoms in total. The molecule has 0 aliphatic carbocycles. The summed E-state index contributed by atoms with van der Waals surface area (Å²) < 4.78 is 12.6. The van der Waals surface area contributed by atoms with E-state index in [9.17, 15) is 0 Å². The molecule has 3 heteroatoms. The number of rotatable bonds is 4. The van der Waals surface area contributed by atoms with Crippen molar-refractivity contribution in [3.8, 4) is 33.8 Å². The van der Waals surface area contributed by atoms with E-state index in [0.717, 1.165) is 26.9 Å². The molecule has 0 saturated heterocycles. The van der Waals surface area contributed by atoms with Crippen LogP contribution in [0.25, 0.3) is 22.3 Å². The quantitative estimate of drug-likeness (QED) is 0.660. The van der Waals surface area contributed by atoms with Gasteiger partial charge < -0.3 is 0 Å². The first kappa shape index (κ1) is 17.7. The van der Waals surface area contributed by atoms with E-state index >= 15 is 0 Å². The molecule has 0 spiro atoms. The van der Waals surface area contributed by atoms with Gasteiger partial charge in [0, 0.05) is 0 Å². The molecule has 0 aliphatic rings. The second-order valence-electron chi connectivity index (χ2n) is 6.29. The summed E-state index contributed by atoms with van der Waals surface area (Å²) in [5, 5.41) is 0. The van der Waals surface area contributed by atoms with Crippen LogP contribution in [0.1, 0.15) is 11.1 Å². The van der Waals surface area contributed by atoms with Crippen LogP contribution in [0.2, 0.25) is 0 Å². The van der Waals surface area contributed by atoms with Gasteiger partial charge in [0.2, 0.25) is 0 Å². The van der Waals surface area contributed by atoms with Crippen LogP contribution in [-0.4, -0.2) is 31.9 Å². The molecule has 0 radical (unpaired) electrons. The molecule has 0 aromatic heterocycles. The van der Waals surface area contributed by atoms with Crippen LogP contribution >= 0.6 is 0 Å². The molecule has 25 heavy (non-hydrogen) atoms. The molecule has 122 valence electrons. The van der Waals surface area contributed by atoms with Crippen LogP contribution in [0.4, 0.5) is 0 Å². The average molecular weight is 324 g/mol. The van der Waals surface area contributed by atoms with Gasteiger partial charge in [-0.15, -0.1) is 0 Å². The van der Waals surface area contributed by atoms with Gasteiger partial charge in [-0.1, -0.05) is 0 Å². The Morgan fingerprint density at radius 1 is 0.640 bits per heavy atom. The number of hydrogen-bond acceptors (Lipinski definition) is 2. The molecule has 3 aromatic rings. The van der Waals surface area contributed by atoms with Gasteiger partial charge in [0.15, 0.2) is 0 Å². The first-order valence-corrected chi connectivity index (χ1v) is 8.46. The van der Waals surface area contributed by atoms with E-state index in [1.807, 2.05) is 0 Å². The second kappa shape index (κ2) is 7.40. The van der Waals surface area contributed by atoms with Crippen molar-refractivity contribution in [2.24, 2.45) is 0 Å². The summed E-state index contributed by atoms with van der Waals surface area (Å²) in [6, 6.07) is 19.0. The van der Waals surface area contributed by atoms with Crippen molar-refractivity contribution >= 4 is 22.0 Å². The summed E-state index contributed by atoms with van der Waals surface area (Å²) in [5.41, 5.74) is 7.00. The predicted molar refractivity (Wildman–Crippen MR) is 105 cm³/mol. The third kappa shape index (κ3) is 3.20. The molecule has 3 aromatic carbocycles. The Balaban J connectivity index is 2.37. The van der Waals surface area contributed by atoms with E-state index in [2.05, 4.69) is 86.2 Å². The molecule has 0 heterocycles. The monoisotopic (exact) mass is 324 g/mol. The maximum absolute atomic E-state index is 5.77. The van der Waals surface area contributed by atoms with Gasteiger partial charge in [-0.25, -0.2) is 0 Å². The molecular formula is C22H21LiO2. The Morgan fingerprint density at radius 2 is 1.04 bits per heavy atom. The van der Waals surface area contributed by atoms with E-state index in [4.69, 9.17) is 9.47 Å². The predicted octanol–water partition coefficient (Wildman–Crippen LogP) is 4.45. The summed E-state index contributed by atoms with van der Waals surface area (Å²) in [6.45, 7) is 4.25. The SMILES string of the molecule is [Li][c]1c(OC)c(-c2ccccc2C)cc(-c2ccccc2C)c1OC. The van der Waals surface area contributed by atoms with Crippen molar-refractivity contribution in [2.75, 3.05) is 14.2 Å². The number of benzene rings is 3. The van der Waals surface area contributed by atoms with Crippen molar-refractivity contribution in [1.82, 2.24) is 0 Å². The fourth-order valence-electron chi connectivity index (χ4n) is 3.46. The number of aryl methyl sites for hydroxylation is 2. The Labute approximate surface area is 159 Å². The molecule has 3 rings (SSSR count). The number of methoxy groups -OCH3 is 2. The van der Waals surface area contributed by atoms with E-state index in [1.165, 1.54) is 22.3 Å². The van der Waals surface area contributed by atoms with Gasteiger partial charge in [0.25, 0.3) is 0 Å². The molecule has 0 atom stereocenters.